The Hall–Kier alpha value is -0.680. The van der Waals surface area contributed by atoms with Crippen LogP contribution in [0.1, 0.15) is 32.3 Å². The molecule has 0 aliphatic heterocycles. The monoisotopic (exact) mass is 301 g/mol. The lowest BCUT2D eigenvalue weighted by Crippen LogP contribution is -2.25. The van der Waals surface area contributed by atoms with Crippen molar-refractivity contribution in [1.82, 2.24) is 14.9 Å². The second kappa shape index (κ2) is 5.31. The van der Waals surface area contributed by atoms with Gasteiger partial charge in [0.1, 0.15) is 10.3 Å². The molecule has 96 valence electrons. The van der Waals surface area contributed by atoms with Gasteiger partial charge in [-0.2, -0.15) is 0 Å². The smallest absolute Gasteiger partial charge is 0.265 e. The Labute approximate surface area is 111 Å². The SMILES string of the molecule is CN(C)CCc1nc(C(C)(C)C)c(Br)c(=O)[nH]1. The number of nitrogens with one attached hydrogen (secondary N) is 1. The average Bonchev–Trinajstić information content (AvgIpc) is 2.17. The van der Waals surface area contributed by atoms with Crippen LogP contribution in [0, 0.1) is 0 Å². The first-order chi connectivity index (χ1) is 7.71. The van der Waals surface area contributed by atoms with Gasteiger partial charge >= 0.3 is 0 Å². The molecule has 1 N–H and O–H groups in total. The summed E-state index contributed by atoms with van der Waals surface area (Å²) in [5.74, 6) is 0.747. The van der Waals surface area contributed by atoms with Gasteiger partial charge in [-0.05, 0) is 30.0 Å². The zero-order chi connectivity index (χ0) is 13.2. The Morgan fingerprint density at radius 3 is 2.41 bits per heavy atom. The summed E-state index contributed by atoms with van der Waals surface area (Å²) in [6.07, 6.45) is 0.749. The van der Waals surface area contributed by atoms with E-state index in [2.05, 4.69) is 51.6 Å². The van der Waals surface area contributed by atoms with Crippen molar-refractivity contribution >= 4 is 15.9 Å². The quantitative estimate of drug-likeness (QED) is 0.928. The van der Waals surface area contributed by atoms with Gasteiger partial charge in [0.15, 0.2) is 0 Å². The highest BCUT2D eigenvalue weighted by Crippen LogP contribution is 2.25. The third-order valence-electron chi connectivity index (χ3n) is 2.42. The van der Waals surface area contributed by atoms with Crippen molar-refractivity contribution in [2.24, 2.45) is 0 Å². The first-order valence-electron chi connectivity index (χ1n) is 5.65. The van der Waals surface area contributed by atoms with E-state index in [9.17, 15) is 4.79 Å². The molecule has 0 fully saturated rings. The van der Waals surface area contributed by atoms with Crippen LogP contribution in [0.15, 0.2) is 9.27 Å². The zero-order valence-electron chi connectivity index (χ0n) is 11.1. The van der Waals surface area contributed by atoms with Gasteiger partial charge in [-0.15, -0.1) is 0 Å². The van der Waals surface area contributed by atoms with Crippen molar-refractivity contribution in [3.63, 3.8) is 0 Å². The molecule has 1 aromatic rings. The highest BCUT2D eigenvalue weighted by atomic mass is 79.9. The Balaban J connectivity index is 3.11. The summed E-state index contributed by atoms with van der Waals surface area (Å²) in [6, 6.07) is 0. The van der Waals surface area contributed by atoms with E-state index in [0.717, 1.165) is 24.5 Å². The van der Waals surface area contributed by atoms with Crippen molar-refractivity contribution in [2.45, 2.75) is 32.6 Å². The summed E-state index contributed by atoms with van der Waals surface area (Å²) in [6.45, 7) is 7.02. The number of likely N-dealkylation sites (N-methyl/N-ethyl adjacent to an activating group) is 1. The largest absolute Gasteiger partial charge is 0.310 e. The highest BCUT2D eigenvalue weighted by Gasteiger charge is 2.21. The van der Waals surface area contributed by atoms with Crippen LogP contribution in [0.3, 0.4) is 0 Å². The van der Waals surface area contributed by atoms with Gasteiger partial charge in [-0.3, -0.25) is 4.79 Å². The maximum Gasteiger partial charge on any atom is 0.265 e. The zero-order valence-corrected chi connectivity index (χ0v) is 12.7. The van der Waals surface area contributed by atoms with E-state index in [1.807, 2.05) is 14.1 Å². The minimum absolute atomic E-state index is 0.0984. The number of aromatic nitrogens is 2. The van der Waals surface area contributed by atoms with E-state index in [0.29, 0.717) is 4.47 Å². The summed E-state index contributed by atoms with van der Waals surface area (Å²) in [5.41, 5.74) is 0.577. The molecule has 0 radical (unpaired) electrons. The van der Waals surface area contributed by atoms with E-state index < -0.39 is 0 Å². The molecule has 1 heterocycles. The Morgan fingerprint density at radius 2 is 1.94 bits per heavy atom. The molecular formula is C12H20BrN3O. The Kier molecular flexibility index (Phi) is 4.49. The van der Waals surface area contributed by atoms with Crippen LogP contribution in [0.2, 0.25) is 0 Å². The van der Waals surface area contributed by atoms with Crippen LogP contribution in [-0.4, -0.2) is 35.5 Å². The van der Waals surface area contributed by atoms with Crippen molar-refractivity contribution < 1.29 is 0 Å². The molecule has 0 aromatic carbocycles. The average molecular weight is 302 g/mol. The molecule has 0 saturated heterocycles. The molecule has 5 heteroatoms. The number of rotatable bonds is 3. The molecule has 4 nitrogen and oxygen atoms in total. The van der Waals surface area contributed by atoms with Crippen molar-refractivity contribution in [2.75, 3.05) is 20.6 Å². The van der Waals surface area contributed by atoms with Gasteiger partial charge in [0.2, 0.25) is 0 Å². The topological polar surface area (TPSA) is 49.0 Å². The number of H-pyrrole nitrogens is 1. The minimum Gasteiger partial charge on any atom is -0.310 e. The molecule has 0 saturated carbocycles. The van der Waals surface area contributed by atoms with Crippen molar-refractivity contribution in [1.29, 1.82) is 0 Å². The molecule has 1 rings (SSSR count). The molecule has 0 aliphatic rings. The highest BCUT2D eigenvalue weighted by molar-refractivity contribution is 9.10. The third-order valence-corrected chi connectivity index (χ3v) is 3.15. The molecular weight excluding hydrogens is 282 g/mol. The molecule has 0 amide bonds. The maximum atomic E-state index is 11.8. The first-order valence-corrected chi connectivity index (χ1v) is 6.45. The Morgan fingerprint density at radius 1 is 1.35 bits per heavy atom. The normalized spacial score (nSPS) is 12.2. The number of nitrogens with zero attached hydrogens (tertiary/aromatic N) is 2. The second-order valence-electron chi connectivity index (χ2n) is 5.48. The molecule has 0 atom stereocenters. The maximum absolute atomic E-state index is 11.8. The van der Waals surface area contributed by atoms with E-state index in [1.165, 1.54) is 0 Å². The predicted molar refractivity (Wildman–Crippen MR) is 73.5 cm³/mol. The number of hydrogen-bond donors (Lipinski definition) is 1. The van der Waals surface area contributed by atoms with Crippen molar-refractivity contribution in [3.05, 3.63) is 26.3 Å². The number of halogens is 1. The number of aromatic amines is 1. The Bertz CT molecular complexity index is 446. The van der Waals surface area contributed by atoms with Gasteiger partial charge in [0, 0.05) is 18.4 Å². The fourth-order valence-electron chi connectivity index (χ4n) is 1.45. The van der Waals surface area contributed by atoms with Crippen LogP contribution < -0.4 is 5.56 Å². The lowest BCUT2D eigenvalue weighted by Gasteiger charge is -2.20. The second-order valence-corrected chi connectivity index (χ2v) is 6.27. The first kappa shape index (κ1) is 14.4. The fraction of sp³-hybridized carbons (Fsp3) is 0.667. The van der Waals surface area contributed by atoms with Crippen LogP contribution in [-0.2, 0) is 11.8 Å². The van der Waals surface area contributed by atoms with Gasteiger partial charge in [-0.25, -0.2) is 4.98 Å². The van der Waals surface area contributed by atoms with E-state index in [4.69, 9.17) is 0 Å². The van der Waals surface area contributed by atoms with Gasteiger partial charge in [0.25, 0.3) is 5.56 Å². The fourth-order valence-corrected chi connectivity index (χ4v) is 2.23. The van der Waals surface area contributed by atoms with E-state index in [1.54, 1.807) is 0 Å². The van der Waals surface area contributed by atoms with Gasteiger partial charge < -0.3 is 9.88 Å². The molecule has 0 spiro atoms. The lowest BCUT2D eigenvalue weighted by molar-refractivity contribution is 0.408. The molecule has 1 aromatic heterocycles. The molecule has 0 bridgehead atoms. The van der Waals surface area contributed by atoms with Crippen LogP contribution in [0.5, 0.6) is 0 Å². The van der Waals surface area contributed by atoms with Crippen LogP contribution in [0.25, 0.3) is 0 Å². The van der Waals surface area contributed by atoms with Crippen LogP contribution in [0.4, 0.5) is 0 Å². The summed E-state index contributed by atoms with van der Waals surface area (Å²) < 4.78 is 0.540. The predicted octanol–water partition coefficient (Wildman–Crippen LogP) is 1.93. The summed E-state index contributed by atoms with van der Waals surface area (Å²) in [4.78, 5) is 21.2. The standard InChI is InChI=1S/C12H20BrN3O/c1-12(2,3)10-9(13)11(17)15-8(14-10)6-7-16(4)5/h6-7H2,1-5H3,(H,14,15,17). The third kappa shape index (κ3) is 3.92. The molecule has 17 heavy (non-hydrogen) atoms. The minimum atomic E-state index is -0.139. The van der Waals surface area contributed by atoms with E-state index in [-0.39, 0.29) is 11.0 Å². The lowest BCUT2D eigenvalue weighted by atomic mass is 9.92. The summed E-state index contributed by atoms with van der Waals surface area (Å²) in [5, 5.41) is 0. The van der Waals surface area contributed by atoms with Crippen molar-refractivity contribution in [3.8, 4) is 0 Å². The summed E-state index contributed by atoms with van der Waals surface area (Å²) in [7, 11) is 4.00. The molecule has 0 aliphatic carbocycles. The number of hydrogen-bond acceptors (Lipinski definition) is 3. The van der Waals surface area contributed by atoms with E-state index >= 15 is 0 Å². The van der Waals surface area contributed by atoms with Crippen LogP contribution >= 0.6 is 15.9 Å². The van der Waals surface area contributed by atoms with Gasteiger partial charge in [-0.1, -0.05) is 20.8 Å². The van der Waals surface area contributed by atoms with Gasteiger partial charge in [0.05, 0.1) is 5.69 Å². The summed E-state index contributed by atoms with van der Waals surface area (Å²) >= 11 is 3.31. The molecule has 0 unspecified atom stereocenters.